The predicted octanol–water partition coefficient (Wildman–Crippen LogP) is 0.823. The lowest BCUT2D eigenvalue weighted by molar-refractivity contribution is -0.892. The summed E-state index contributed by atoms with van der Waals surface area (Å²) in [6, 6.07) is 6.37. The predicted molar refractivity (Wildman–Crippen MR) is 117 cm³/mol. The largest absolute Gasteiger partial charge is 0.360 e. The number of nitrogens with one attached hydrogen (secondary N) is 1. The zero-order chi connectivity index (χ0) is 21.2. The number of carbonyl (C=O) groups excluding carboxylic acids is 1. The summed E-state index contributed by atoms with van der Waals surface area (Å²) in [5.41, 5.74) is 3.94. The highest BCUT2D eigenvalue weighted by molar-refractivity contribution is 7.91. The molecular weight excluding hydrogens is 386 g/mol. The molecule has 162 valence electrons. The molecule has 2 heterocycles. The average molecular weight is 423 g/mol. The van der Waals surface area contributed by atoms with Gasteiger partial charge in [0.05, 0.1) is 37.7 Å². The second-order valence-corrected chi connectivity index (χ2v) is 11.0. The molecule has 0 bridgehead atoms. The first-order valence-corrected chi connectivity index (χ1v) is 12.7. The van der Waals surface area contributed by atoms with Crippen molar-refractivity contribution in [3.63, 3.8) is 0 Å². The van der Waals surface area contributed by atoms with Crippen LogP contribution in [-0.4, -0.2) is 75.5 Å². The fraction of sp³-hybridized carbons (Fsp3) is 0.682. The van der Waals surface area contributed by atoms with E-state index in [1.165, 1.54) is 21.7 Å². The summed E-state index contributed by atoms with van der Waals surface area (Å²) in [7, 11) is -3.00. The number of rotatable bonds is 6. The van der Waals surface area contributed by atoms with E-state index in [2.05, 4.69) is 43.9 Å². The minimum Gasteiger partial charge on any atom is -0.360 e. The Morgan fingerprint density at radius 2 is 1.97 bits per heavy atom. The van der Waals surface area contributed by atoms with Crippen molar-refractivity contribution in [2.45, 2.75) is 52.6 Å². The average Bonchev–Trinajstić information content (AvgIpc) is 3.04. The summed E-state index contributed by atoms with van der Waals surface area (Å²) in [5, 5.41) is 0. The van der Waals surface area contributed by atoms with E-state index in [-0.39, 0.29) is 29.5 Å². The van der Waals surface area contributed by atoms with Gasteiger partial charge in [-0.05, 0) is 50.8 Å². The molecule has 7 heteroatoms. The number of amides is 1. The van der Waals surface area contributed by atoms with Crippen LogP contribution in [0.25, 0.3) is 0 Å². The number of benzene rings is 1. The van der Waals surface area contributed by atoms with Crippen molar-refractivity contribution in [1.82, 2.24) is 4.90 Å². The second kappa shape index (κ2) is 9.04. The molecule has 3 rings (SSSR count). The lowest BCUT2D eigenvalue weighted by atomic mass is 10.1. The van der Waals surface area contributed by atoms with Crippen LogP contribution in [-0.2, 0) is 14.6 Å². The summed E-state index contributed by atoms with van der Waals surface area (Å²) in [5.74, 6) is 0.439. The van der Waals surface area contributed by atoms with Crippen molar-refractivity contribution in [3.8, 4) is 0 Å². The summed E-state index contributed by atoms with van der Waals surface area (Å²) >= 11 is 0. The van der Waals surface area contributed by atoms with Crippen molar-refractivity contribution in [2.24, 2.45) is 0 Å². The Bertz CT molecular complexity index is 832. The Balaban J connectivity index is 1.61. The summed E-state index contributed by atoms with van der Waals surface area (Å²) in [6.07, 6.45) is 1.42. The molecule has 0 aliphatic carbocycles. The molecule has 0 saturated carbocycles. The first-order valence-electron chi connectivity index (χ1n) is 10.9. The van der Waals surface area contributed by atoms with E-state index < -0.39 is 9.84 Å². The van der Waals surface area contributed by atoms with Gasteiger partial charge in [-0.3, -0.25) is 4.79 Å². The Morgan fingerprint density at radius 3 is 2.55 bits per heavy atom. The lowest BCUT2D eigenvalue weighted by Gasteiger charge is -2.37. The van der Waals surface area contributed by atoms with Gasteiger partial charge in [-0.15, -0.1) is 0 Å². The van der Waals surface area contributed by atoms with Crippen LogP contribution >= 0.6 is 0 Å². The van der Waals surface area contributed by atoms with Crippen LogP contribution in [0.5, 0.6) is 0 Å². The third-order valence-corrected chi connectivity index (χ3v) is 8.49. The number of quaternary nitrogens is 1. The molecule has 0 spiro atoms. The molecule has 2 aliphatic heterocycles. The SMILES string of the molecule is CC[C@@H](C)N(C(=O)C[NH+]1CCN(c2cccc(C)c2C)CC1)[C@H]1CCS(=O)(=O)C1. The van der Waals surface area contributed by atoms with Gasteiger partial charge in [0.2, 0.25) is 0 Å². The maximum absolute atomic E-state index is 13.2. The number of aryl methyl sites for hydroxylation is 1. The van der Waals surface area contributed by atoms with Crippen molar-refractivity contribution in [2.75, 3.05) is 49.1 Å². The molecule has 29 heavy (non-hydrogen) atoms. The Kier molecular flexibility index (Phi) is 6.89. The highest BCUT2D eigenvalue weighted by atomic mass is 32.2. The van der Waals surface area contributed by atoms with Gasteiger partial charge in [0, 0.05) is 17.8 Å². The fourth-order valence-electron chi connectivity index (χ4n) is 4.62. The standard InChI is InChI=1S/C22H35N3O3S/c1-5-18(3)25(20-9-14-29(27,28)16-20)22(26)15-23-10-12-24(13-11-23)21-8-6-7-17(2)19(21)4/h6-8,18,20H,5,9-16H2,1-4H3/p+1/t18-,20+/m1/s1. The van der Waals surface area contributed by atoms with E-state index in [4.69, 9.17) is 0 Å². The van der Waals surface area contributed by atoms with E-state index in [1.807, 2.05) is 11.8 Å². The van der Waals surface area contributed by atoms with Crippen LogP contribution in [0.15, 0.2) is 18.2 Å². The molecule has 6 nitrogen and oxygen atoms in total. The first-order chi connectivity index (χ1) is 13.7. The van der Waals surface area contributed by atoms with Gasteiger partial charge >= 0.3 is 0 Å². The molecule has 1 amide bonds. The van der Waals surface area contributed by atoms with Crippen LogP contribution in [0.3, 0.4) is 0 Å². The summed E-state index contributed by atoms with van der Waals surface area (Å²) in [6.45, 7) is 12.6. The first kappa shape index (κ1) is 22.1. The maximum atomic E-state index is 13.2. The van der Waals surface area contributed by atoms with Gasteiger partial charge in [0.25, 0.3) is 5.91 Å². The zero-order valence-corrected chi connectivity index (χ0v) is 19.1. The molecule has 1 aromatic rings. The molecule has 2 aliphatic rings. The van der Waals surface area contributed by atoms with Crippen LogP contribution < -0.4 is 9.80 Å². The highest BCUT2D eigenvalue weighted by Gasteiger charge is 2.38. The van der Waals surface area contributed by atoms with Crippen LogP contribution in [0.4, 0.5) is 5.69 Å². The second-order valence-electron chi connectivity index (χ2n) is 8.75. The molecule has 0 aromatic heterocycles. The van der Waals surface area contributed by atoms with E-state index in [1.54, 1.807) is 0 Å². The van der Waals surface area contributed by atoms with E-state index in [0.717, 1.165) is 32.6 Å². The molecular formula is C22H36N3O3S+. The summed E-state index contributed by atoms with van der Waals surface area (Å²) in [4.78, 5) is 18.8. The van der Waals surface area contributed by atoms with Gasteiger partial charge in [-0.1, -0.05) is 19.1 Å². The van der Waals surface area contributed by atoms with E-state index >= 15 is 0 Å². The van der Waals surface area contributed by atoms with Crippen LogP contribution in [0.2, 0.25) is 0 Å². The van der Waals surface area contributed by atoms with Crippen LogP contribution in [0, 0.1) is 13.8 Å². The molecule has 0 radical (unpaired) electrons. The van der Waals surface area contributed by atoms with Crippen molar-refractivity contribution < 1.29 is 18.1 Å². The Labute approximate surface area is 175 Å². The fourth-order valence-corrected chi connectivity index (χ4v) is 6.34. The quantitative estimate of drug-likeness (QED) is 0.738. The minimum absolute atomic E-state index is 0.0800. The maximum Gasteiger partial charge on any atom is 0.278 e. The molecule has 2 fully saturated rings. The summed E-state index contributed by atoms with van der Waals surface area (Å²) < 4.78 is 23.9. The number of hydrogen-bond acceptors (Lipinski definition) is 4. The van der Waals surface area contributed by atoms with Crippen molar-refractivity contribution >= 4 is 21.4 Å². The van der Waals surface area contributed by atoms with Gasteiger partial charge in [-0.25, -0.2) is 8.42 Å². The topological polar surface area (TPSA) is 62.1 Å². The third-order valence-electron chi connectivity index (χ3n) is 6.74. The number of sulfone groups is 1. The molecule has 1 N–H and O–H groups in total. The third kappa shape index (κ3) is 5.12. The molecule has 2 saturated heterocycles. The Morgan fingerprint density at radius 1 is 1.28 bits per heavy atom. The van der Waals surface area contributed by atoms with Crippen molar-refractivity contribution in [3.05, 3.63) is 29.3 Å². The van der Waals surface area contributed by atoms with Crippen LogP contribution in [0.1, 0.15) is 37.8 Å². The Hall–Kier alpha value is -1.60. The van der Waals surface area contributed by atoms with Crippen molar-refractivity contribution in [1.29, 1.82) is 0 Å². The lowest BCUT2D eigenvalue weighted by Crippen LogP contribution is -3.16. The number of carbonyl (C=O) groups is 1. The van der Waals surface area contributed by atoms with Gasteiger partial charge in [0.15, 0.2) is 16.4 Å². The molecule has 2 atom stereocenters. The van der Waals surface area contributed by atoms with E-state index in [0.29, 0.717) is 13.0 Å². The number of piperazine rings is 1. The van der Waals surface area contributed by atoms with Gasteiger partial charge in [0.1, 0.15) is 0 Å². The molecule has 0 unspecified atom stereocenters. The van der Waals surface area contributed by atoms with Gasteiger partial charge in [-0.2, -0.15) is 0 Å². The highest BCUT2D eigenvalue weighted by Crippen LogP contribution is 2.23. The number of hydrogen-bond donors (Lipinski definition) is 1. The monoisotopic (exact) mass is 422 g/mol. The number of anilines is 1. The minimum atomic E-state index is -3.00. The zero-order valence-electron chi connectivity index (χ0n) is 18.3. The smallest absolute Gasteiger partial charge is 0.278 e. The van der Waals surface area contributed by atoms with E-state index in [9.17, 15) is 13.2 Å². The van der Waals surface area contributed by atoms with Gasteiger partial charge < -0.3 is 14.7 Å². The number of nitrogens with zero attached hydrogens (tertiary/aromatic N) is 2. The molecule has 1 aromatic carbocycles. The normalized spacial score (nSPS) is 23.2.